The summed E-state index contributed by atoms with van der Waals surface area (Å²) < 4.78 is 0. The maximum atomic E-state index is 10.9. The number of nitro benzene ring substituents is 1. The fourth-order valence-corrected chi connectivity index (χ4v) is 3.85. The van der Waals surface area contributed by atoms with E-state index < -0.39 is 4.92 Å². The third-order valence-electron chi connectivity index (χ3n) is 4.52. The van der Waals surface area contributed by atoms with Crippen LogP contribution in [0.4, 0.5) is 11.4 Å². The molecule has 108 valence electrons. The molecule has 5 nitrogen and oxygen atoms in total. The Kier molecular flexibility index (Phi) is 3.34. The van der Waals surface area contributed by atoms with E-state index in [1.165, 1.54) is 6.07 Å². The minimum absolute atomic E-state index is 0.0442. The van der Waals surface area contributed by atoms with E-state index >= 15 is 0 Å². The van der Waals surface area contributed by atoms with Crippen LogP contribution in [0.2, 0.25) is 5.02 Å². The first-order valence-electron chi connectivity index (χ1n) is 6.89. The van der Waals surface area contributed by atoms with Gasteiger partial charge in [0.25, 0.3) is 5.69 Å². The molecule has 1 aromatic carbocycles. The Bertz CT molecular complexity index is 550. The second-order valence-electron chi connectivity index (χ2n) is 5.72. The number of fused-ring (bicyclic) bond motifs is 2. The van der Waals surface area contributed by atoms with Crippen LogP contribution in [-0.4, -0.2) is 28.2 Å². The van der Waals surface area contributed by atoms with Gasteiger partial charge in [-0.1, -0.05) is 11.6 Å². The lowest BCUT2D eigenvalue weighted by Gasteiger charge is -2.39. The number of halogens is 1. The van der Waals surface area contributed by atoms with Gasteiger partial charge in [0.2, 0.25) is 0 Å². The van der Waals surface area contributed by atoms with E-state index in [2.05, 4.69) is 4.90 Å². The van der Waals surface area contributed by atoms with Crippen molar-refractivity contribution >= 4 is 23.0 Å². The summed E-state index contributed by atoms with van der Waals surface area (Å²) in [6.45, 7) is 1.83. The van der Waals surface area contributed by atoms with E-state index in [-0.39, 0.29) is 16.8 Å². The van der Waals surface area contributed by atoms with Gasteiger partial charge in [0, 0.05) is 23.8 Å². The molecule has 6 heteroatoms. The molecule has 0 spiro atoms. The molecule has 2 saturated heterocycles. The lowest BCUT2D eigenvalue weighted by molar-refractivity contribution is -0.384. The molecule has 2 aliphatic rings. The van der Waals surface area contributed by atoms with Crippen LogP contribution in [0.15, 0.2) is 12.1 Å². The molecule has 20 heavy (non-hydrogen) atoms. The summed E-state index contributed by atoms with van der Waals surface area (Å²) in [7, 11) is 0. The number of anilines is 1. The van der Waals surface area contributed by atoms with Crippen molar-refractivity contribution in [3.8, 4) is 0 Å². The smallest absolute Gasteiger partial charge is 0.288 e. The Hall–Kier alpha value is -1.33. The van der Waals surface area contributed by atoms with E-state index in [1.807, 2.05) is 6.92 Å². The van der Waals surface area contributed by atoms with Gasteiger partial charge in [0.15, 0.2) is 0 Å². The molecule has 2 aliphatic heterocycles. The van der Waals surface area contributed by atoms with Crippen molar-refractivity contribution in [2.75, 3.05) is 4.90 Å². The molecule has 0 saturated carbocycles. The molecule has 0 aromatic heterocycles. The number of hydrogen-bond acceptors (Lipinski definition) is 4. The second-order valence-corrected chi connectivity index (χ2v) is 6.10. The van der Waals surface area contributed by atoms with Gasteiger partial charge in [-0.25, -0.2) is 0 Å². The lowest BCUT2D eigenvalue weighted by Crippen LogP contribution is -2.45. The number of hydrogen-bond donors (Lipinski definition) is 1. The molecule has 2 fully saturated rings. The molecule has 0 radical (unpaired) electrons. The van der Waals surface area contributed by atoms with E-state index in [9.17, 15) is 15.2 Å². The maximum Gasteiger partial charge on any atom is 0.288 e. The number of piperidine rings is 1. The fourth-order valence-electron chi connectivity index (χ4n) is 3.62. The summed E-state index contributed by atoms with van der Waals surface area (Å²) in [4.78, 5) is 12.8. The molecule has 3 rings (SSSR count). The Morgan fingerprint density at radius 1 is 1.35 bits per heavy atom. The molecule has 2 unspecified atom stereocenters. The van der Waals surface area contributed by atoms with Crippen molar-refractivity contribution in [1.29, 1.82) is 0 Å². The highest BCUT2D eigenvalue weighted by Gasteiger charge is 2.41. The summed E-state index contributed by atoms with van der Waals surface area (Å²) in [5.41, 5.74) is 1.69. The molecule has 1 aromatic rings. The highest BCUT2D eigenvalue weighted by Crippen LogP contribution is 2.43. The summed E-state index contributed by atoms with van der Waals surface area (Å²) in [5, 5.41) is 21.0. The van der Waals surface area contributed by atoms with Gasteiger partial charge in [-0.3, -0.25) is 10.1 Å². The van der Waals surface area contributed by atoms with Crippen LogP contribution in [0.3, 0.4) is 0 Å². The molecular weight excluding hydrogens is 280 g/mol. The van der Waals surface area contributed by atoms with Crippen LogP contribution in [0, 0.1) is 17.0 Å². The van der Waals surface area contributed by atoms with Crippen LogP contribution in [-0.2, 0) is 0 Å². The van der Waals surface area contributed by atoms with Crippen molar-refractivity contribution in [1.82, 2.24) is 0 Å². The van der Waals surface area contributed by atoms with Crippen molar-refractivity contribution in [3.63, 3.8) is 0 Å². The molecule has 0 aliphatic carbocycles. The fraction of sp³-hybridized carbons (Fsp3) is 0.571. The first-order chi connectivity index (χ1) is 9.49. The van der Waals surface area contributed by atoms with Crippen LogP contribution in [0.25, 0.3) is 0 Å². The molecule has 0 amide bonds. The van der Waals surface area contributed by atoms with E-state index in [0.29, 0.717) is 12.1 Å². The number of nitro groups is 1. The second kappa shape index (κ2) is 4.90. The largest absolute Gasteiger partial charge is 0.393 e. The zero-order valence-electron chi connectivity index (χ0n) is 11.3. The van der Waals surface area contributed by atoms with E-state index in [1.54, 1.807) is 6.07 Å². The summed E-state index contributed by atoms with van der Waals surface area (Å²) >= 11 is 6.14. The summed E-state index contributed by atoms with van der Waals surface area (Å²) in [5.74, 6) is 0. The van der Waals surface area contributed by atoms with Crippen molar-refractivity contribution in [2.45, 2.75) is 50.8 Å². The quantitative estimate of drug-likeness (QED) is 0.673. The highest BCUT2D eigenvalue weighted by molar-refractivity contribution is 6.33. The number of aliphatic hydroxyl groups is 1. The monoisotopic (exact) mass is 296 g/mol. The lowest BCUT2D eigenvalue weighted by atomic mass is 9.98. The van der Waals surface area contributed by atoms with Crippen molar-refractivity contribution in [3.05, 3.63) is 32.8 Å². The number of rotatable bonds is 2. The van der Waals surface area contributed by atoms with Gasteiger partial charge >= 0.3 is 0 Å². The average molecular weight is 297 g/mol. The van der Waals surface area contributed by atoms with Gasteiger partial charge in [0.1, 0.15) is 5.02 Å². The first-order valence-corrected chi connectivity index (χ1v) is 7.26. The minimum Gasteiger partial charge on any atom is -0.393 e. The SMILES string of the molecule is Cc1c(N2C3CCC2CC(O)C3)ccc([N+](=O)[O-])c1Cl. The Morgan fingerprint density at radius 2 is 1.95 bits per heavy atom. The molecule has 2 atom stereocenters. The zero-order valence-corrected chi connectivity index (χ0v) is 12.0. The molecule has 2 bridgehead atoms. The summed E-state index contributed by atoms with van der Waals surface area (Å²) in [6.07, 6.45) is 3.44. The number of nitrogens with zero attached hydrogens (tertiary/aromatic N) is 2. The van der Waals surface area contributed by atoms with Crippen molar-refractivity contribution in [2.24, 2.45) is 0 Å². The molecule has 2 heterocycles. The Morgan fingerprint density at radius 3 is 2.50 bits per heavy atom. The zero-order chi connectivity index (χ0) is 14.4. The van der Waals surface area contributed by atoms with Gasteiger partial charge in [-0.15, -0.1) is 0 Å². The van der Waals surface area contributed by atoms with Crippen LogP contribution >= 0.6 is 11.6 Å². The van der Waals surface area contributed by atoms with Gasteiger partial charge in [0.05, 0.1) is 11.0 Å². The normalized spacial score (nSPS) is 28.8. The molecular formula is C14H17ClN2O3. The van der Waals surface area contributed by atoms with Crippen molar-refractivity contribution < 1.29 is 10.0 Å². The summed E-state index contributed by atoms with van der Waals surface area (Å²) in [6, 6.07) is 3.91. The van der Waals surface area contributed by atoms with Crippen LogP contribution in [0.1, 0.15) is 31.2 Å². The predicted molar refractivity (Wildman–Crippen MR) is 77.4 cm³/mol. The van der Waals surface area contributed by atoms with Gasteiger partial charge in [-0.2, -0.15) is 0 Å². The topological polar surface area (TPSA) is 66.6 Å². The number of benzene rings is 1. The third-order valence-corrected chi connectivity index (χ3v) is 5.00. The number of aliphatic hydroxyl groups excluding tert-OH is 1. The Labute approximate surface area is 122 Å². The first kappa shape index (κ1) is 13.6. The molecule has 1 N–H and O–H groups in total. The van der Waals surface area contributed by atoms with Crippen LogP contribution < -0.4 is 4.90 Å². The van der Waals surface area contributed by atoms with Gasteiger partial charge in [-0.05, 0) is 44.2 Å². The minimum atomic E-state index is -0.451. The van der Waals surface area contributed by atoms with E-state index in [0.717, 1.165) is 36.9 Å². The van der Waals surface area contributed by atoms with Gasteiger partial charge < -0.3 is 10.0 Å². The highest BCUT2D eigenvalue weighted by atomic mass is 35.5. The average Bonchev–Trinajstić information content (AvgIpc) is 2.65. The Balaban J connectivity index is 2.00. The van der Waals surface area contributed by atoms with Crippen LogP contribution in [0.5, 0.6) is 0 Å². The maximum absolute atomic E-state index is 10.9. The van der Waals surface area contributed by atoms with E-state index in [4.69, 9.17) is 11.6 Å². The third kappa shape index (κ3) is 2.05. The standard InChI is InChI=1S/C14H17ClN2O3/c1-8-12(4-5-13(14(8)15)17(19)20)16-9-2-3-10(16)7-11(18)6-9/h4-5,9-11,18H,2-3,6-7H2,1H3. The predicted octanol–water partition coefficient (Wildman–Crippen LogP) is 3.05.